The maximum atomic E-state index is 11.3. The van der Waals surface area contributed by atoms with Crippen molar-refractivity contribution >= 4 is 17.5 Å². The summed E-state index contributed by atoms with van der Waals surface area (Å²) in [6.45, 7) is 0. The Labute approximate surface area is 103 Å². The molecule has 1 amide bonds. The van der Waals surface area contributed by atoms with Crippen molar-refractivity contribution in [2.75, 3.05) is 0 Å². The molecule has 0 aromatic heterocycles. The summed E-state index contributed by atoms with van der Waals surface area (Å²) in [6.07, 6.45) is 0.432. The van der Waals surface area contributed by atoms with Crippen LogP contribution in [0, 0.1) is 10.1 Å². The highest BCUT2D eigenvalue weighted by Gasteiger charge is 2.38. The van der Waals surface area contributed by atoms with Gasteiger partial charge in [-0.05, 0) is 11.6 Å². The molecule has 6 heteroatoms. The molecule has 2 rings (SSSR count). The van der Waals surface area contributed by atoms with Gasteiger partial charge in [-0.15, -0.1) is 0 Å². The number of nitro groups is 1. The van der Waals surface area contributed by atoms with Crippen molar-refractivity contribution in [1.82, 2.24) is 5.32 Å². The third-order valence-electron chi connectivity index (χ3n) is 2.88. The highest BCUT2D eigenvalue weighted by molar-refractivity contribution is 6.31. The highest BCUT2D eigenvalue weighted by Crippen LogP contribution is 2.30. The highest BCUT2D eigenvalue weighted by atomic mass is 35.5. The number of piperidine rings is 1. The second kappa shape index (κ2) is 4.71. The Morgan fingerprint density at radius 3 is 2.76 bits per heavy atom. The number of benzene rings is 1. The van der Waals surface area contributed by atoms with Gasteiger partial charge in [0.2, 0.25) is 11.9 Å². The second-order valence-corrected chi connectivity index (χ2v) is 4.37. The van der Waals surface area contributed by atoms with Gasteiger partial charge in [0.25, 0.3) is 0 Å². The Morgan fingerprint density at radius 2 is 2.12 bits per heavy atom. The lowest BCUT2D eigenvalue weighted by atomic mass is 9.92. The van der Waals surface area contributed by atoms with Gasteiger partial charge in [-0.3, -0.25) is 14.9 Å². The first-order valence-corrected chi connectivity index (χ1v) is 5.64. The van der Waals surface area contributed by atoms with Gasteiger partial charge in [-0.2, -0.15) is 0 Å². The molecule has 1 aromatic rings. The first-order valence-electron chi connectivity index (χ1n) is 5.27. The van der Waals surface area contributed by atoms with Crippen LogP contribution in [0.5, 0.6) is 0 Å². The lowest BCUT2D eigenvalue weighted by molar-refractivity contribution is -0.529. The Kier molecular flexibility index (Phi) is 3.28. The van der Waals surface area contributed by atoms with E-state index in [0.717, 1.165) is 0 Å². The molecule has 1 fully saturated rings. The monoisotopic (exact) mass is 254 g/mol. The van der Waals surface area contributed by atoms with Gasteiger partial charge in [-0.25, -0.2) is 0 Å². The summed E-state index contributed by atoms with van der Waals surface area (Å²) in [4.78, 5) is 22.0. The van der Waals surface area contributed by atoms with Gasteiger partial charge in [0.05, 0.1) is 0 Å². The predicted octanol–water partition coefficient (Wildman–Crippen LogP) is 1.94. The van der Waals surface area contributed by atoms with E-state index in [4.69, 9.17) is 11.6 Å². The van der Waals surface area contributed by atoms with Crippen LogP contribution in [-0.4, -0.2) is 16.9 Å². The maximum Gasteiger partial charge on any atom is 0.237 e. The van der Waals surface area contributed by atoms with Crippen LogP contribution in [0.1, 0.15) is 24.4 Å². The number of amides is 1. The summed E-state index contributed by atoms with van der Waals surface area (Å²) in [5, 5.41) is 14.0. The van der Waals surface area contributed by atoms with E-state index < -0.39 is 12.1 Å². The molecular formula is C11H11ClN2O3. The molecule has 0 spiro atoms. The van der Waals surface area contributed by atoms with E-state index in [1.54, 1.807) is 24.3 Å². The minimum atomic E-state index is -0.812. The van der Waals surface area contributed by atoms with Crippen molar-refractivity contribution in [3.8, 4) is 0 Å². The first kappa shape index (κ1) is 11.9. The molecule has 0 radical (unpaired) electrons. The molecule has 2 atom stereocenters. The molecule has 0 bridgehead atoms. The van der Waals surface area contributed by atoms with E-state index in [-0.39, 0.29) is 23.7 Å². The molecule has 1 aliphatic rings. The minimum Gasteiger partial charge on any atom is -0.343 e. The second-order valence-electron chi connectivity index (χ2n) is 3.96. The number of hydrogen-bond acceptors (Lipinski definition) is 3. The molecule has 0 unspecified atom stereocenters. The maximum absolute atomic E-state index is 11.3. The van der Waals surface area contributed by atoms with E-state index >= 15 is 0 Å². The Morgan fingerprint density at radius 1 is 1.41 bits per heavy atom. The fraction of sp³-hybridized carbons (Fsp3) is 0.364. The van der Waals surface area contributed by atoms with Crippen molar-refractivity contribution < 1.29 is 9.72 Å². The zero-order valence-corrected chi connectivity index (χ0v) is 9.68. The molecule has 0 aliphatic carbocycles. The lowest BCUT2D eigenvalue weighted by Gasteiger charge is -2.27. The number of carbonyl (C=O) groups excluding carboxylic acids is 1. The van der Waals surface area contributed by atoms with Crippen LogP contribution < -0.4 is 5.32 Å². The fourth-order valence-corrected chi connectivity index (χ4v) is 2.28. The van der Waals surface area contributed by atoms with Crippen LogP contribution in [-0.2, 0) is 4.79 Å². The smallest absolute Gasteiger partial charge is 0.237 e. The third-order valence-corrected chi connectivity index (χ3v) is 3.22. The summed E-state index contributed by atoms with van der Waals surface area (Å²) in [5.41, 5.74) is 0.601. The number of nitrogens with one attached hydrogen (secondary N) is 1. The molecule has 17 heavy (non-hydrogen) atoms. The summed E-state index contributed by atoms with van der Waals surface area (Å²) in [6, 6.07) is 5.41. The Bertz CT molecular complexity index is 464. The quantitative estimate of drug-likeness (QED) is 0.647. The van der Waals surface area contributed by atoms with E-state index in [2.05, 4.69) is 5.32 Å². The van der Waals surface area contributed by atoms with Crippen molar-refractivity contribution in [3.05, 3.63) is 45.0 Å². The summed E-state index contributed by atoms with van der Waals surface area (Å²) in [7, 11) is 0. The molecule has 0 saturated carbocycles. The van der Waals surface area contributed by atoms with Crippen LogP contribution in [0.15, 0.2) is 24.3 Å². The molecule has 1 saturated heterocycles. The van der Waals surface area contributed by atoms with E-state index in [0.29, 0.717) is 10.6 Å². The van der Waals surface area contributed by atoms with Crippen molar-refractivity contribution in [3.63, 3.8) is 0 Å². The zero-order chi connectivity index (χ0) is 12.4. The number of hydrogen-bond donors (Lipinski definition) is 1. The van der Waals surface area contributed by atoms with E-state index in [1.165, 1.54) is 0 Å². The summed E-state index contributed by atoms with van der Waals surface area (Å²) < 4.78 is 0. The molecule has 1 aliphatic heterocycles. The van der Waals surface area contributed by atoms with Crippen molar-refractivity contribution in [2.24, 2.45) is 0 Å². The van der Waals surface area contributed by atoms with Crippen LogP contribution in [0.25, 0.3) is 0 Å². The molecule has 90 valence electrons. The van der Waals surface area contributed by atoms with Gasteiger partial charge >= 0.3 is 0 Å². The number of carbonyl (C=O) groups is 1. The van der Waals surface area contributed by atoms with Crippen LogP contribution in [0.2, 0.25) is 5.02 Å². The Balaban J connectivity index is 2.35. The van der Waals surface area contributed by atoms with Crippen LogP contribution in [0.4, 0.5) is 0 Å². The third kappa shape index (κ3) is 2.39. The molecule has 1 heterocycles. The van der Waals surface area contributed by atoms with Gasteiger partial charge < -0.3 is 5.32 Å². The normalized spacial score (nSPS) is 24.2. The standard InChI is InChI=1S/C11H11ClN2O3/c12-8-4-2-1-3-7(8)11-9(14(16)17)5-6-10(15)13-11/h1-4,9,11H,5-6H2,(H,13,15)/t9-,11+/m1/s1. The van der Waals surface area contributed by atoms with Crippen molar-refractivity contribution in [2.45, 2.75) is 24.9 Å². The molecule has 5 nitrogen and oxygen atoms in total. The number of nitrogens with zero attached hydrogens (tertiary/aromatic N) is 1. The largest absolute Gasteiger partial charge is 0.343 e. The average molecular weight is 255 g/mol. The van der Waals surface area contributed by atoms with Gasteiger partial charge in [0, 0.05) is 22.8 Å². The zero-order valence-electron chi connectivity index (χ0n) is 8.93. The van der Waals surface area contributed by atoms with Crippen LogP contribution >= 0.6 is 11.6 Å². The van der Waals surface area contributed by atoms with Crippen LogP contribution in [0.3, 0.4) is 0 Å². The predicted molar refractivity (Wildman–Crippen MR) is 62.4 cm³/mol. The van der Waals surface area contributed by atoms with Gasteiger partial charge in [-0.1, -0.05) is 29.8 Å². The summed E-state index contributed by atoms with van der Waals surface area (Å²) >= 11 is 6.00. The van der Waals surface area contributed by atoms with Crippen molar-refractivity contribution in [1.29, 1.82) is 0 Å². The van der Waals surface area contributed by atoms with E-state index in [9.17, 15) is 14.9 Å². The van der Waals surface area contributed by atoms with Gasteiger partial charge in [0.1, 0.15) is 6.04 Å². The lowest BCUT2D eigenvalue weighted by Crippen LogP contribution is -2.45. The first-order chi connectivity index (χ1) is 8.09. The fourth-order valence-electron chi connectivity index (χ4n) is 2.03. The minimum absolute atomic E-state index is 0.173. The number of rotatable bonds is 2. The Hall–Kier alpha value is -1.62. The SMILES string of the molecule is O=C1CC[C@@H]([N+](=O)[O-])[C@H](c2ccccc2Cl)N1. The van der Waals surface area contributed by atoms with Gasteiger partial charge in [0.15, 0.2) is 0 Å². The topological polar surface area (TPSA) is 72.2 Å². The van der Waals surface area contributed by atoms with E-state index in [1.807, 2.05) is 0 Å². The number of halogens is 1. The molecule has 1 aromatic carbocycles. The average Bonchev–Trinajstić information content (AvgIpc) is 2.29. The molecular weight excluding hydrogens is 244 g/mol. The molecule has 1 N–H and O–H groups in total. The summed E-state index contributed by atoms with van der Waals surface area (Å²) in [5.74, 6) is -0.173.